The van der Waals surface area contributed by atoms with Gasteiger partial charge in [0, 0.05) is 10.2 Å². The second-order valence-electron chi connectivity index (χ2n) is 4.05. The second kappa shape index (κ2) is 5.99. The Morgan fingerprint density at radius 3 is 2.79 bits per heavy atom. The number of hydrogen-bond donors (Lipinski definition) is 2. The van der Waals surface area contributed by atoms with Crippen molar-refractivity contribution in [3.05, 3.63) is 46.6 Å². The molecule has 6 heteroatoms. The number of halogens is 1. The zero-order chi connectivity index (χ0) is 13.8. The number of oxazole rings is 1. The van der Waals surface area contributed by atoms with E-state index in [1.165, 1.54) is 6.26 Å². The van der Waals surface area contributed by atoms with E-state index in [1.54, 1.807) is 12.1 Å². The van der Waals surface area contributed by atoms with E-state index in [-0.39, 0.29) is 17.6 Å². The van der Waals surface area contributed by atoms with E-state index in [2.05, 4.69) is 26.2 Å². The lowest BCUT2D eigenvalue weighted by molar-refractivity contribution is 0.102. The summed E-state index contributed by atoms with van der Waals surface area (Å²) in [5.41, 5.74) is 6.70. The third kappa shape index (κ3) is 3.42. The molecule has 2 rings (SSSR count). The molecule has 0 radical (unpaired) electrons. The molecule has 0 spiro atoms. The number of carbonyl (C=O) groups excluding carboxylic acids is 1. The Balaban J connectivity index is 2.07. The maximum atomic E-state index is 11.9. The Morgan fingerprint density at radius 1 is 1.47 bits per heavy atom. The Morgan fingerprint density at radius 2 is 2.16 bits per heavy atom. The van der Waals surface area contributed by atoms with Gasteiger partial charge in [0.1, 0.15) is 6.26 Å². The Bertz CT molecular complexity index is 566. The van der Waals surface area contributed by atoms with Crippen LogP contribution in [-0.2, 0) is 0 Å². The molecule has 0 aliphatic rings. The first-order valence-corrected chi connectivity index (χ1v) is 6.67. The molecule has 5 nitrogen and oxygen atoms in total. The monoisotopic (exact) mass is 323 g/mol. The number of hydrogen-bond acceptors (Lipinski definition) is 4. The molecular weight excluding hydrogens is 310 g/mol. The minimum atomic E-state index is -0.319. The summed E-state index contributed by atoms with van der Waals surface area (Å²) < 4.78 is 6.14. The standard InChI is InChI=1S/C13H14BrN3O2/c1-2-10(15)13-17-11(7-19-13)12(18)16-9-5-3-8(14)4-6-9/h3-7,10H,2,15H2,1H3,(H,16,18). The molecule has 100 valence electrons. The van der Waals surface area contributed by atoms with Gasteiger partial charge in [0.15, 0.2) is 5.69 Å². The average Bonchev–Trinajstić information content (AvgIpc) is 2.90. The van der Waals surface area contributed by atoms with Crippen molar-refractivity contribution in [2.24, 2.45) is 5.73 Å². The van der Waals surface area contributed by atoms with Crippen molar-refractivity contribution in [1.82, 2.24) is 4.98 Å². The molecule has 0 aliphatic carbocycles. The number of amides is 1. The SMILES string of the molecule is CCC(N)c1nc(C(=O)Nc2ccc(Br)cc2)co1. The lowest BCUT2D eigenvalue weighted by Gasteiger charge is -2.03. The Labute approximate surface area is 119 Å². The molecule has 1 aromatic carbocycles. The second-order valence-corrected chi connectivity index (χ2v) is 4.96. The van der Waals surface area contributed by atoms with Gasteiger partial charge in [0.05, 0.1) is 6.04 Å². The van der Waals surface area contributed by atoms with Crippen molar-refractivity contribution < 1.29 is 9.21 Å². The van der Waals surface area contributed by atoms with Crippen molar-refractivity contribution in [2.45, 2.75) is 19.4 Å². The molecule has 1 heterocycles. The summed E-state index contributed by atoms with van der Waals surface area (Å²) in [5, 5.41) is 2.73. The van der Waals surface area contributed by atoms with Gasteiger partial charge in [-0.05, 0) is 30.7 Å². The van der Waals surface area contributed by atoms with Crippen molar-refractivity contribution in [3.8, 4) is 0 Å². The van der Waals surface area contributed by atoms with E-state index in [0.717, 1.165) is 4.47 Å². The average molecular weight is 324 g/mol. The van der Waals surface area contributed by atoms with Crippen LogP contribution in [0.15, 0.2) is 39.4 Å². The number of nitrogens with zero attached hydrogens (tertiary/aromatic N) is 1. The zero-order valence-corrected chi connectivity index (χ0v) is 12.0. The molecule has 1 unspecified atom stereocenters. The summed E-state index contributed by atoms with van der Waals surface area (Å²) in [6.07, 6.45) is 2.02. The van der Waals surface area contributed by atoms with Gasteiger partial charge in [-0.3, -0.25) is 4.79 Å². The fraction of sp³-hybridized carbons (Fsp3) is 0.231. The van der Waals surface area contributed by atoms with E-state index in [1.807, 2.05) is 19.1 Å². The number of benzene rings is 1. The minimum Gasteiger partial charge on any atom is -0.446 e. The molecule has 1 amide bonds. The van der Waals surface area contributed by atoms with Gasteiger partial charge in [-0.15, -0.1) is 0 Å². The highest BCUT2D eigenvalue weighted by Gasteiger charge is 2.15. The van der Waals surface area contributed by atoms with Gasteiger partial charge >= 0.3 is 0 Å². The van der Waals surface area contributed by atoms with Crippen LogP contribution in [0.1, 0.15) is 35.8 Å². The van der Waals surface area contributed by atoms with Crippen molar-refractivity contribution in [1.29, 1.82) is 0 Å². The van der Waals surface area contributed by atoms with Gasteiger partial charge in [0.25, 0.3) is 5.91 Å². The quantitative estimate of drug-likeness (QED) is 0.905. The molecule has 19 heavy (non-hydrogen) atoms. The molecule has 0 aliphatic heterocycles. The van der Waals surface area contributed by atoms with Gasteiger partial charge in [-0.25, -0.2) is 4.98 Å². The molecule has 0 fully saturated rings. The Hall–Kier alpha value is -1.66. The number of carbonyl (C=O) groups is 1. The number of aromatic nitrogens is 1. The van der Waals surface area contributed by atoms with Crippen LogP contribution in [0, 0.1) is 0 Å². The predicted octanol–water partition coefficient (Wildman–Crippen LogP) is 3.10. The first-order valence-electron chi connectivity index (χ1n) is 5.88. The summed E-state index contributed by atoms with van der Waals surface area (Å²) in [6, 6.07) is 6.99. The van der Waals surface area contributed by atoms with E-state index >= 15 is 0 Å². The lowest BCUT2D eigenvalue weighted by Crippen LogP contribution is -2.14. The molecule has 1 aromatic heterocycles. The number of nitrogens with two attached hydrogens (primary N) is 1. The van der Waals surface area contributed by atoms with Crippen LogP contribution in [0.4, 0.5) is 5.69 Å². The molecule has 0 saturated heterocycles. The normalized spacial score (nSPS) is 12.2. The zero-order valence-electron chi connectivity index (χ0n) is 10.4. The van der Waals surface area contributed by atoms with Crippen LogP contribution in [0.3, 0.4) is 0 Å². The summed E-state index contributed by atoms with van der Waals surface area (Å²) >= 11 is 3.33. The third-order valence-corrected chi connectivity index (χ3v) is 3.14. The molecule has 1 atom stereocenters. The van der Waals surface area contributed by atoms with Gasteiger partial charge < -0.3 is 15.5 Å². The van der Waals surface area contributed by atoms with Gasteiger partial charge in [-0.1, -0.05) is 22.9 Å². The highest BCUT2D eigenvalue weighted by molar-refractivity contribution is 9.10. The van der Waals surface area contributed by atoms with Crippen molar-refractivity contribution in [3.63, 3.8) is 0 Å². The summed E-state index contributed by atoms with van der Waals surface area (Å²) in [7, 11) is 0. The van der Waals surface area contributed by atoms with Crippen molar-refractivity contribution >= 4 is 27.5 Å². The predicted molar refractivity (Wildman–Crippen MR) is 75.8 cm³/mol. The van der Waals surface area contributed by atoms with Crippen LogP contribution < -0.4 is 11.1 Å². The summed E-state index contributed by atoms with van der Waals surface area (Å²) in [4.78, 5) is 16.0. The highest BCUT2D eigenvalue weighted by atomic mass is 79.9. The summed E-state index contributed by atoms with van der Waals surface area (Å²) in [6.45, 7) is 1.93. The van der Waals surface area contributed by atoms with Gasteiger partial charge in [0.2, 0.25) is 5.89 Å². The fourth-order valence-corrected chi connectivity index (χ4v) is 1.73. The largest absolute Gasteiger partial charge is 0.446 e. The topological polar surface area (TPSA) is 81.1 Å². The van der Waals surface area contributed by atoms with Crippen LogP contribution in [0.2, 0.25) is 0 Å². The lowest BCUT2D eigenvalue weighted by atomic mass is 10.2. The van der Waals surface area contributed by atoms with E-state index in [0.29, 0.717) is 18.0 Å². The van der Waals surface area contributed by atoms with Crippen LogP contribution in [-0.4, -0.2) is 10.9 Å². The van der Waals surface area contributed by atoms with Crippen LogP contribution in [0.25, 0.3) is 0 Å². The molecule has 0 bridgehead atoms. The molecule has 2 aromatic rings. The Kier molecular flexibility index (Phi) is 4.34. The fourth-order valence-electron chi connectivity index (χ4n) is 1.47. The van der Waals surface area contributed by atoms with E-state index in [9.17, 15) is 4.79 Å². The van der Waals surface area contributed by atoms with E-state index < -0.39 is 0 Å². The smallest absolute Gasteiger partial charge is 0.277 e. The van der Waals surface area contributed by atoms with Gasteiger partial charge in [-0.2, -0.15) is 0 Å². The molecular formula is C13H14BrN3O2. The first-order chi connectivity index (χ1) is 9.10. The number of nitrogens with one attached hydrogen (secondary N) is 1. The number of anilines is 1. The van der Waals surface area contributed by atoms with E-state index in [4.69, 9.17) is 10.2 Å². The number of rotatable bonds is 4. The van der Waals surface area contributed by atoms with Crippen LogP contribution in [0.5, 0.6) is 0 Å². The maximum absolute atomic E-state index is 11.9. The maximum Gasteiger partial charge on any atom is 0.277 e. The third-order valence-electron chi connectivity index (χ3n) is 2.61. The van der Waals surface area contributed by atoms with Crippen LogP contribution >= 0.6 is 15.9 Å². The highest BCUT2D eigenvalue weighted by Crippen LogP contribution is 2.16. The molecule has 0 saturated carbocycles. The first kappa shape index (κ1) is 13.8. The van der Waals surface area contributed by atoms with Crippen molar-refractivity contribution in [2.75, 3.05) is 5.32 Å². The molecule has 3 N–H and O–H groups in total. The summed E-state index contributed by atoms with van der Waals surface area (Å²) in [5.74, 6) is 0.0593. The minimum absolute atomic E-state index is 0.224.